The Hall–Kier alpha value is -1.52. The van der Waals surface area contributed by atoms with Crippen molar-refractivity contribution in [2.24, 2.45) is 0 Å². The number of benzene rings is 1. The Morgan fingerprint density at radius 2 is 1.64 bits per heavy atom. The SMILES string of the molecule is O=P(O)(O)Oc1ccccc1.[N-]=[N+]=[N-]. The summed E-state index contributed by atoms with van der Waals surface area (Å²) < 4.78 is 14.5. The molecule has 0 amide bonds. The van der Waals surface area contributed by atoms with Crippen LogP contribution in [0.4, 0.5) is 0 Å². The third-order valence-corrected chi connectivity index (χ3v) is 1.42. The second kappa shape index (κ2) is 6.01. The van der Waals surface area contributed by atoms with Crippen LogP contribution < -0.4 is 4.52 Å². The molecule has 0 aliphatic rings. The van der Waals surface area contributed by atoms with Gasteiger partial charge in [-0.2, -0.15) is 0 Å². The summed E-state index contributed by atoms with van der Waals surface area (Å²) in [7, 11) is -4.39. The van der Waals surface area contributed by atoms with Crippen LogP contribution in [0, 0.1) is 0 Å². The van der Waals surface area contributed by atoms with Gasteiger partial charge in [0.25, 0.3) is 0 Å². The van der Waals surface area contributed by atoms with Gasteiger partial charge >= 0.3 is 7.82 Å². The van der Waals surface area contributed by atoms with E-state index in [1.807, 2.05) is 0 Å². The van der Waals surface area contributed by atoms with Gasteiger partial charge in [0.1, 0.15) is 5.75 Å². The van der Waals surface area contributed by atoms with Gasteiger partial charge in [0.15, 0.2) is 0 Å². The Morgan fingerprint density at radius 3 is 2.00 bits per heavy atom. The lowest BCUT2D eigenvalue weighted by Gasteiger charge is -2.04. The standard InChI is InChI=1S/C6H7O4P.N3/c7-11(8,9)10-6-4-2-1-3-5-6;1-3-2/h1-5H,(H2,7,8,9);/q;-1. The molecule has 0 fully saturated rings. The lowest BCUT2D eigenvalue weighted by molar-refractivity contribution is 0.283. The highest BCUT2D eigenvalue weighted by Crippen LogP contribution is 2.36. The van der Waals surface area contributed by atoms with E-state index in [1.165, 1.54) is 17.0 Å². The summed E-state index contributed by atoms with van der Waals surface area (Å²) in [6.07, 6.45) is 0. The molecule has 0 heterocycles. The Kier molecular flexibility index (Phi) is 5.36. The molecule has 14 heavy (non-hydrogen) atoms. The largest absolute Gasteiger partial charge is 0.524 e. The second-order valence-electron chi connectivity index (χ2n) is 1.98. The van der Waals surface area contributed by atoms with Crippen molar-refractivity contribution in [1.29, 1.82) is 0 Å². The number of hydrogen-bond donors (Lipinski definition) is 2. The summed E-state index contributed by atoms with van der Waals surface area (Å²) in [6, 6.07) is 7.93. The molecule has 8 heteroatoms. The molecule has 0 saturated heterocycles. The predicted molar refractivity (Wildman–Crippen MR) is 49.2 cm³/mol. The molecule has 0 radical (unpaired) electrons. The number of phosphoric acid groups is 1. The number of para-hydroxylation sites is 1. The Balaban J connectivity index is 0.000000500. The van der Waals surface area contributed by atoms with E-state index in [0.717, 1.165) is 0 Å². The molecular weight excluding hydrogens is 209 g/mol. The maximum atomic E-state index is 10.3. The van der Waals surface area contributed by atoms with Crippen LogP contribution in [0.5, 0.6) is 5.75 Å². The highest BCUT2D eigenvalue weighted by Gasteiger charge is 2.14. The first-order valence-corrected chi connectivity index (χ1v) is 4.81. The van der Waals surface area contributed by atoms with E-state index in [9.17, 15) is 4.57 Å². The summed E-state index contributed by atoms with van der Waals surface area (Å²) >= 11 is 0. The first-order chi connectivity index (χ1) is 6.49. The second-order valence-corrected chi connectivity index (χ2v) is 3.15. The Labute approximate surface area is 79.6 Å². The number of rotatable bonds is 2. The van der Waals surface area contributed by atoms with Crippen molar-refractivity contribution < 1.29 is 18.9 Å². The minimum atomic E-state index is -4.39. The zero-order chi connectivity index (χ0) is 11.0. The molecule has 1 rings (SSSR count). The molecule has 0 aliphatic heterocycles. The van der Waals surface area contributed by atoms with Crippen LogP contribution in [-0.2, 0) is 4.57 Å². The van der Waals surface area contributed by atoms with Crippen LogP contribution in [0.1, 0.15) is 0 Å². The summed E-state index contributed by atoms with van der Waals surface area (Å²) in [5.41, 5.74) is 13.5. The molecule has 1 aromatic carbocycles. The fraction of sp³-hybridized carbons (Fsp3) is 0. The minimum absolute atomic E-state index is 0.167. The minimum Gasteiger partial charge on any atom is -0.404 e. The highest BCUT2D eigenvalue weighted by molar-refractivity contribution is 7.46. The van der Waals surface area contributed by atoms with Crippen molar-refractivity contribution in [3.63, 3.8) is 0 Å². The lowest BCUT2D eigenvalue weighted by Crippen LogP contribution is -1.88. The molecule has 0 aromatic heterocycles. The molecular formula is C6H7N3O4P-. The van der Waals surface area contributed by atoms with Crippen molar-refractivity contribution in [2.45, 2.75) is 0 Å². The maximum Gasteiger partial charge on any atom is 0.524 e. The van der Waals surface area contributed by atoms with E-state index in [2.05, 4.69) is 4.52 Å². The summed E-state index contributed by atoms with van der Waals surface area (Å²) in [4.78, 5) is 18.2. The average molecular weight is 216 g/mol. The van der Waals surface area contributed by atoms with Gasteiger partial charge in [-0.25, -0.2) is 4.57 Å². The van der Waals surface area contributed by atoms with Crippen LogP contribution in [0.3, 0.4) is 0 Å². The molecule has 7 nitrogen and oxygen atoms in total. The zero-order valence-electron chi connectivity index (χ0n) is 6.89. The fourth-order valence-corrected chi connectivity index (χ4v) is 1.02. The fourth-order valence-electron chi connectivity index (χ4n) is 0.619. The molecule has 0 atom stereocenters. The van der Waals surface area contributed by atoms with Crippen molar-refractivity contribution in [2.75, 3.05) is 0 Å². The normalized spacial score (nSPS) is 9.29. The third-order valence-electron chi connectivity index (χ3n) is 0.968. The molecule has 76 valence electrons. The van der Waals surface area contributed by atoms with Crippen LogP contribution in [0.25, 0.3) is 16.0 Å². The van der Waals surface area contributed by atoms with Gasteiger partial charge in [0.05, 0.1) is 0 Å². The van der Waals surface area contributed by atoms with E-state index in [4.69, 9.17) is 20.8 Å². The quantitative estimate of drug-likeness (QED) is 0.339. The Bertz CT molecular complexity index is 343. The zero-order valence-corrected chi connectivity index (χ0v) is 7.78. The van der Waals surface area contributed by atoms with Gasteiger partial charge in [0, 0.05) is 0 Å². The summed E-state index contributed by atoms with van der Waals surface area (Å²) in [5.74, 6) is 0.167. The average Bonchev–Trinajstić information content (AvgIpc) is 2.04. The summed E-state index contributed by atoms with van der Waals surface area (Å²) in [6.45, 7) is 0. The van der Waals surface area contributed by atoms with Crippen molar-refractivity contribution in [3.8, 4) is 5.75 Å². The maximum absolute atomic E-state index is 10.3. The van der Waals surface area contributed by atoms with Crippen molar-refractivity contribution in [1.82, 2.24) is 0 Å². The first-order valence-electron chi connectivity index (χ1n) is 3.28. The number of nitrogens with zero attached hydrogens (tertiary/aromatic N) is 3. The molecule has 2 N–H and O–H groups in total. The predicted octanol–water partition coefficient (Wildman–Crippen LogP) is 2.02. The van der Waals surface area contributed by atoms with E-state index in [-0.39, 0.29) is 5.75 Å². The van der Waals surface area contributed by atoms with Crippen LogP contribution in [0.2, 0.25) is 0 Å². The molecule has 0 spiro atoms. The molecule has 0 aliphatic carbocycles. The van der Waals surface area contributed by atoms with E-state index < -0.39 is 7.82 Å². The van der Waals surface area contributed by atoms with Gasteiger partial charge in [-0.15, -0.1) is 0 Å². The van der Waals surface area contributed by atoms with E-state index >= 15 is 0 Å². The van der Waals surface area contributed by atoms with Crippen LogP contribution >= 0.6 is 7.82 Å². The number of hydrogen-bond acceptors (Lipinski definition) is 2. The molecule has 1 aromatic rings. The van der Waals surface area contributed by atoms with Gasteiger partial charge < -0.3 is 15.6 Å². The van der Waals surface area contributed by atoms with E-state index in [0.29, 0.717) is 0 Å². The lowest BCUT2D eigenvalue weighted by atomic mass is 10.3. The van der Waals surface area contributed by atoms with Gasteiger partial charge in [-0.3, -0.25) is 14.7 Å². The van der Waals surface area contributed by atoms with Gasteiger partial charge in [-0.05, 0) is 12.1 Å². The number of phosphoric ester groups is 1. The van der Waals surface area contributed by atoms with E-state index in [1.54, 1.807) is 18.2 Å². The third kappa shape index (κ3) is 7.15. The van der Waals surface area contributed by atoms with Gasteiger partial charge in [0.2, 0.25) is 0 Å². The van der Waals surface area contributed by atoms with Crippen molar-refractivity contribution >= 4 is 7.82 Å². The first kappa shape index (κ1) is 12.5. The van der Waals surface area contributed by atoms with Crippen molar-refractivity contribution in [3.05, 3.63) is 46.3 Å². The smallest absolute Gasteiger partial charge is 0.404 e. The topological polar surface area (TPSA) is 125 Å². The monoisotopic (exact) mass is 216 g/mol. The summed E-state index contributed by atoms with van der Waals surface area (Å²) in [5, 5.41) is 0. The Morgan fingerprint density at radius 1 is 1.21 bits per heavy atom. The highest BCUT2D eigenvalue weighted by atomic mass is 31.2. The molecule has 0 unspecified atom stereocenters. The van der Waals surface area contributed by atoms with Crippen LogP contribution in [0.15, 0.2) is 30.3 Å². The molecule has 0 bridgehead atoms. The molecule has 0 saturated carbocycles. The van der Waals surface area contributed by atoms with Crippen LogP contribution in [-0.4, -0.2) is 9.79 Å². The van der Waals surface area contributed by atoms with Gasteiger partial charge in [-0.1, -0.05) is 18.2 Å².